The minimum Gasteiger partial charge on any atom is -0.381 e. The lowest BCUT2D eigenvalue weighted by atomic mass is 9.74. The van der Waals surface area contributed by atoms with Crippen molar-refractivity contribution in [3.8, 4) is 0 Å². The first-order valence-corrected chi connectivity index (χ1v) is 12.1. The molecule has 1 aromatic rings. The first-order valence-electron chi connectivity index (χ1n) is 12.1. The molecule has 0 radical (unpaired) electrons. The number of piperidine rings is 1. The van der Waals surface area contributed by atoms with Crippen LogP contribution in [0.2, 0.25) is 0 Å². The molecule has 1 aromatic carbocycles. The van der Waals surface area contributed by atoms with Gasteiger partial charge in [-0.25, -0.2) is 0 Å². The van der Waals surface area contributed by atoms with Crippen LogP contribution in [0, 0.1) is 0 Å². The van der Waals surface area contributed by atoms with Crippen LogP contribution in [0.5, 0.6) is 0 Å². The molecule has 0 saturated carbocycles. The van der Waals surface area contributed by atoms with Crippen molar-refractivity contribution in [2.75, 3.05) is 53.1 Å². The molecule has 3 saturated heterocycles. The minimum absolute atomic E-state index is 0.108. The highest BCUT2D eigenvalue weighted by Crippen LogP contribution is 2.34. The molecule has 6 heteroatoms. The third-order valence-corrected chi connectivity index (χ3v) is 7.17. The number of ether oxygens (including phenoxy) is 3. The van der Waals surface area contributed by atoms with Crippen molar-refractivity contribution in [3.63, 3.8) is 0 Å². The van der Waals surface area contributed by atoms with E-state index in [1.807, 2.05) is 7.05 Å². The number of rotatable bonds is 6. The number of hydrogen-bond acceptors (Lipinski definition) is 4. The summed E-state index contributed by atoms with van der Waals surface area (Å²) in [6.45, 7) is 6.15. The molecule has 172 valence electrons. The maximum atomic E-state index is 6.19. The van der Waals surface area contributed by atoms with Gasteiger partial charge >= 0.3 is 0 Å². The van der Waals surface area contributed by atoms with Crippen molar-refractivity contribution < 1.29 is 14.2 Å². The molecule has 4 rings (SSSR count). The van der Waals surface area contributed by atoms with Gasteiger partial charge in [-0.15, -0.1) is 0 Å². The topological polar surface area (TPSA) is 55.3 Å². The molecule has 0 bridgehead atoms. The standard InChI is InChI=1S/C25H39N3O3/c1-26-24(27-20-25(12-17-29-18-13-25)21-7-3-2-4-8-21)28-14-10-22(11-15-28)31-19-23-9-5-6-16-30-23/h2-4,7-8,22-23H,5-6,9-20H2,1H3,(H,26,27). The fraction of sp³-hybridized carbons (Fsp3) is 0.720. The highest BCUT2D eigenvalue weighted by molar-refractivity contribution is 5.80. The smallest absolute Gasteiger partial charge is 0.193 e. The van der Waals surface area contributed by atoms with E-state index in [0.29, 0.717) is 12.2 Å². The summed E-state index contributed by atoms with van der Waals surface area (Å²) in [4.78, 5) is 6.99. The molecule has 0 aliphatic carbocycles. The summed E-state index contributed by atoms with van der Waals surface area (Å²) in [7, 11) is 1.89. The Hall–Kier alpha value is -1.63. The monoisotopic (exact) mass is 429 g/mol. The zero-order chi connectivity index (χ0) is 21.4. The van der Waals surface area contributed by atoms with Crippen molar-refractivity contribution in [1.29, 1.82) is 0 Å². The second-order valence-corrected chi connectivity index (χ2v) is 9.17. The van der Waals surface area contributed by atoms with Gasteiger partial charge in [-0.3, -0.25) is 4.99 Å². The van der Waals surface area contributed by atoms with Crippen LogP contribution in [0.4, 0.5) is 0 Å². The second-order valence-electron chi connectivity index (χ2n) is 9.17. The predicted molar refractivity (Wildman–Crippen MR) is 124 cm³/mol. The molecule has 0 spiro atoms. The van der Waals surface area contributed by atoms with E-state index in [2.05, 4.69) is 45.5 Å². The van der Waals surface area contributed by atoms with E-state index in [9.17, 15) is 0 Å². The third kappa shape index (κ3) is 5.99. The first-order chi connectivity index (χ1) is 15.3. The van der Waals surface area contributed by atoms with Gasteiger partial charge in [-0.2, -0.15) is 0 Å². The molecule has 6 nitrogen and oxygen atoms in total. The molecule has 1 atom stereocenters. The van der Waals surface area contributed by atoms with Crippen LogP contribution in [0.25, 0.3) is 0 Å². The van der Waals surface area contributed by atoms with Gasteiger partial charge < -0.3 is 24.4 Å². The molecule has 0 aromatic heterocycles. The molecule has 3 heterocycles. The van der Waals surface area contributed by atoms with E-state index < -0.39 is 0 Å². The maximum Gasteiger partial charge on any atom is 0.193 e. The van der Waals surface area contributed by atoms with E-state index in [-0.39, 0.29) is 5.41 Å². The Morgan fingerprint density at radius 2 is 1.87 bits per heavy atom. The Bertz CT molecular complexity index is 677. The van der Waals surface area contributed by atoms with Crippen LogP contribution in [-0.2, 0) is 19.6 Å². The van der Waals surface area contributed by atoms with Crippen LogP contribution in [0.1, 0.15) is 50.5 Å². The second kappa shape index (κ2) is 11.3. The molecule has 1 unspecified atom stereocenters. The number of likely N-dealkylation sites (tertiary alicyclic amines) is 1. The quantitative estimate of drug-likeness (QED) is 0.555. The molecule has 31 heavy (non-hydrogen) atoms. The number of aliphatic imine (C=N–C) groups is 1. The van der Waals surface area contributed by atoms with Crippen molar-refractivity contribution in [2.45, 2.75) is 62.6 Å². The van der Waals surface area contributed by atoms with Crippen LogP contribution in [-0.4, -0.2) is 76.2 Å². The summed E-state index contributed by atoms with van der Waals surface area (Å²) in [5.41, 5.74) is 1.51. The van der Waals surface area contributed by atoms with Crippen molar-refractivity contribution in [3.05, 3.63) is 35.9 Å². The van der Waals surface area contributed by atoms with Crippen LogP contribution in [0.15, 0.2) is 35.3 Å². The molecule has 3 aliphatic heterocycles. The minimum atomic E-state index is 0.108. The van der Waals surface area contributed by atoms with Gasteiger partial charge in [0, 0.05) is 51.9 Å². The van der Waals surface area contributed by atoms with Gasteiger partial charge in [0.05, 0.1) is 18.8 Å². The molecular formula is C25H39N3O3. The lowest BCUT2D eigenvalue weighted by Crippen LogP contribution is -2.51. The van der Waals surface area contributed by atoms with Gasteiger partial charge in [0.25, 0.3) is 0 Å². The van der Waals surface area contributed by atoms with Crippen LogP contribution >= 0.6 is 0 Å². The summed E-state index contributed by atoms with van der Waals surface area (Å²) in [6.07, 6.45) is 8.42. The summed E-state index contributed by atoms with van der Waals surface area (Å²) in [5, 5.41) is 3.71. The Morgan fingerprint density at radius 3 is 2.55 bits per heavy atom. The Labute approximate surface area is 187 Å². The lowest BCUT2D eigenvalue weighted by molar-refractivity contribution is -0.0721. The highest BCUT2D eigenvalue weighted by atomic mass is 16.5. The SMILES string of the molecule is CN=C(NCC1(c2ccccc2)CCOCC1)N1CCC(OCC2CCCCO2)CC1. The van der Waals surface area contributed by atoms with E-state index in [1.165, 1.54) is 18.4 Å². The van der Waals surface area contributed by atoms with Crippen molar-refractivity contribution in [2.24, 2.45) is 4.99 Å². The number of benzene rings is 1. The van der Waals surface area contributed by atoms with Gasteiger partial charge in [-0.05, 0) is 50.5 Å². The molecule has 1 N–H and O–H groups in total. The number of nitrogens with zero attached hydrogens (tertiary/aromatic N) is 2. The first kappa shape index (κ1) is 22.6. The predicted octanol–water partition coefficient (Wildman–Crippen LogP) is 3.36. The average molecular weight is 430 g/mol. The largest absolute Gasteiger partial charge is 0.381 e. The summed E-state index contributed by atoms with van der Waals surface area (Å²) in [5.74, 6) is 1.01. The van der Waals surface area contributed by atoms with E-state index in [4.69, 9.17) is 14.2 Å². The summed E-state index contributed by atoms with van der Waals surface area (Å²) >= 11 is 0. The normalized spacial score (nSPS) is 25.4. The summed E-state index contributed by atoms with van der Waals surface area (Å²) < 4.78 is 17.7. The molecule has 3 aliphatic rings. The lowest BCUT2D eigenvalue weighted by Gasteiger charge is -2.40. The molecule has 3 fully saturated rings. The summed E-state index contributed by atoms with van der Waals surface area (Å²) in [6, 6.07) is 10.9. The Balaban J connectivity index is 1.27. The van der Waals surface area contributed by atoms with E-state index >= 15 is 0 Å². The number of nitrogens with one attached hydrogen (secondary N) is 1. The zero-order valence-electron chi connectivity index (χ0n) is 19.1. The molecular weight excluding hydrogens is 390 g/mol. The highest BCUT2D eigenvalue weighted by Gasteiger charge is 2.35. The van der Waals surface area contributed by atoms with Crippen molar-refractivity contribution >= 4 is 5.96 Å². The fourth-order valence-corrected chi connectivity index (χ4v) is 5.12. The van der Waals surface area contributed by atoms with Gasteiger partial charge in [-0.1, -0.05) is 30.3 Å². The van der Waals surface area contributed by atoms with E-state index in [0.717, 1.165) is 84.1 Å². The van der Waals surface area contributed by atoms with Gasteiger partial charge in [0.2, 0.25) is 0 Å². The third-order valence-electron chi connectivity index (χ3n) is 7.17. The number of hydrogen-bond donors (Lipinski definition) is 1. The van der Waals surface area contributed by atoms with Gasteiger partial charge in [0.15, 0.2) is 5.96 Å². The van der Waals surface area contributed by atoms with Crippen LogP contribution < -0.4 is 5.32 Å². The Morgan fingerprint density at radius 1 is 1.10 bits per heavy atom. The Kier molecular flexibility index (Phi) is 8.22. The van der Waals surface area contributed by atoms with Gasteiger partial charge in [0.1, 0.15) is 0 Å². The molecule has 0 amide bonds. The number of guanidine groups is 1. The van der Waals surface area contributed by atoms with E-state index in [1.54, 1.807) is 0 Å². The fourth-order valence-electron chi connectivity index (χ4n) is 5.12. The van der Waals surface area contributed by atoms with Crippen molar-refractivity contribution in [1.82, 2.24) is 10.2 Å². The average Bonchev–Trinajstić information content (AvgIpc) is 2.85. The zero-order valence-corrected chi connectivity index (χ0v) is 19.1. The van der Waals surface area contributed by atoms with Crippen LogP contribution in [0.3, 0.4) is 0 Å². The maximum absolute atomic E-state index is 6.19.